The molecule has 1 spiro atoms. The van der Waals surface area contributed by atoms with Crippen LogP contribution in [0.15, 0.2) is 133 Å². The molecule has 0 saturated heterocycles. The Hall–Kier alpha value is -4.50. The number of ether oxygens (including phenoxy) is 2. The van der Waals surface area contributed by atoms with Gasteiger partial charge in [-0.2, -0.15) is 0 Å². The van der Waals surface area contributed by atoms with Crippen LogP contribution in [0.25, 0.3) is 0 Å². The summed E-state index contributed by atoms with van der Waals surface area (Å²) in [6.45, 7) is 0. The largest absolute Gasteiger partial charge is 0.451 e. The molecule has 0 amide bonds. The van der Waals surface area contributed by atoms with E-state index in [9.17, 15) is 17.6 Å². The van der Waals surface area contributed by atoms with E-state index in [0.29, 0.717) is 0 Å². The highest BCUT2D eigenvalue weighted by atomic mass is 31.1. The lowest BCUT2D eigenvalue weighted by Crippen LogP contribution is -2.62. The number of halogens is 4. The number of hydrogen-bond acceptors (Lipinski definition) is 2. The highest BCUT2D eigenvalue weighted by Gasteiger charge is 2.57. The smallest absolute Gasteiger partial charge is 0.257 e. The molecule has 1 unspecified atom stereocenters. The van der Waals surface area contributed by atoms with Gasteiger partial charge in [-0.3, -0.25) is 0 Å². The molecule has 1 saturated carbocycles. The van der Waals surface area contributed by atoms with Crippen LogP contribution in [0.1, 0.15) is 30.4 Å². The van der Waals surface area contributed by atoms with Crippen molar-refractivity contribution in [2.75, 3.05) is 0 Å². The fraction of sp³-hybridized carbons (Fsp3) is 0.182. The van der Waals surface area contributed by atoms with Crippen LogP contribution in [-0.4, -0.2) is 5.79 Å². The van der Waals surface area contributed by atoms with Gasteiger partial charge in [0.25, 0.3) is 5.79 Å². The monoisotopic (exact) mass is 732 g/mol. The number of para-hydroxylation sites is 2. The first kappa shape index (κ1) is 33.3. The first-order valence-corrected chi connectivity index (χ1v) is 20.3. The zero-order chi connectivity index (χ0) is 35.4. The summed E-state index contributed by atoms with van der Waals surface area (Å²) in [7, 11) is -2.49. The van der Waals surface area contributed by atoms with E-state index in [1.54, 1.807) is 0 Å². The van der Waals surface area contributed by atoms with Crippen LogP contribution in [0.2, 0.25) is 0 Å². The van der Waals surface area contributed by atoms with E-state index < -0.39 is 21.6 Å². The van der Waals surface area contributed by atoms with Gasteiger partial charge in [0, 0.05) is 22.4 Å². The summed E-state index contributed by atoms with van der Waals surface area (Å²) in [6.07, 6.45) is 4.53. The maximum Gasteiger partial charge on any atom is 0.257 e. The van der Waals surface area contributed by atoms with Crippen molar-refractivity contribution in [3.8, 4) is 11.5 Å². The van der Waals surface area contributed by atoms with Crippen LogP contribution in [0.4, 0.5) is 17.6 Å². The summed E-state index contributed by atoms with van der Waals surface area (Å²) < 4.78 is 71.6. The zero-order valence-corrected chi connectivity index (χ0v) is 29.9. The van der Waals surface area contributed by atoms with Crippen LogP contribution in [0, 0.1) is 35.1 Å². The maximum atomic E-state index is 14.2. The minimum Gasteiger partial charge on any atom is -0.451 e. The lowest BCUT2D eigenvalue weighted by Gasteiger charge is -2.54. The molecule has 0 aromatic heterocycles. The molecule has 0 bridgehead atoms. The Labute approximate surface area is 303 Å². The second-order valence-corrected chi connectivity index (χ2v) is 18.1. The standard InChI is InChI=1S/C44H34F4O2P2/c45-32-10-18-36(19-11-32)51(37-20-12-33(46)13-21-37)40-8-1-4-28-26-30-6-3-7-31-27-29-5-2-9-41(43(29)50-44(30,31)49-42(28)40)52(38-22-14-34(47)15-23-38)39-24-16-35(48)17-25-39/h1-2,4-5,8-25,30-31H,3,6-7,26-27H2/t30-,31?,44-/m1/s1. The van der Waals surface area contributed by atoms with Crippen molar-refractivity contribution in [3.63, 3.8) is 0 Å². The Balaban J connectivity index is 1.18. The van der Waals surface area contributed by atoms with Crippen LogP contribution in [-0.2, 0) is 12.8 Å². The molecule has 0 radical (unpaired) electrons. The van der Waals surface area contributed by atoms with Crippen molar-refractivity contribution >= 4 is 47.7 Å². The van der Waals surface area contributed by atoms with Gasteiger partial charge in [0.1, 0.15) is 34.8 Å². The summed E-state index contributed by atoms with van der Waals surface area (Å²) in [5.74, 6) is -0.448. The second-order valence-electron chi connectivity index (χ2n) is 13.8. The van der Waals surface area contributed by atoms with Crippen molar-refractivity contribution in [1.82, 2.24) is 0 Å². The van der Waals surface area contributed by atoms with Crippen molar-refractivity contribution in [2.24, 2.45) is 11.8 Å². The highest BCUT2D eigenvalue weighted by Crippen LogP contribution is 2.55. The second kappa shape index (κ2) is 13.5. The van der Waals surface area contributed by atoms with E-state index in [4.69, 9.17) is 9.47 Å². The van der Waals surface area contributed by atoms with Gasteiger partial charge in [0.2, 0.25) is 0 Å². The van der Waals surface area contributed by atoms with Crippen molar-refractivity contribution in [2.45, 2.75) is 37.9 Å². The molecule has 6 aromatic carbocycles. The maximum absolute atomic E-state index is 14.2. The average molecular weight is 733 g/mol. The Morgan fingerprint density at radius 3 is 1.10 bits per heavy atom. The number of fused-ring (bicyclic) bond motifs is 2. The first-order chi connectivity index (χ1) is 25.4. The molecule has 260 valence electrons. The molecule has 3 atom stereocenters. The van der Waals surface area contributed by atoms with E-state index in [-0.39, 0.29) is 35.1 Å². The fourth-order valence-corrected chi connectivity index (χ4v) is 13.1. The van der Waals surface area contributed by atoms with E-state index >= 15 is 0 Å². The number of benzene rings is 6. The molecular formula is C44H34F4O2P2. The molecule has 6 aromatic rings. The SMILES string of the molecule is Fc1ccc(P(c2ccc(F)cc2)c2cccc3c2O[C@]24Oc5c(cccc5P(c5ccc(F)cc5)c5ccc(F)cc5)C[C@H]2CCCC4C3)cc1. The Morgan fingerprint density at radius 2 is 0.769 bits per heavy atom. The zero-order valence-electron chi connectivity index (χ0n) is 28.1. The van der Waals surface area contributed by atoms with Gasteiger partial charge >= 0.3 is 0 Å². The van der Waals surface area contributed by atoms with Gasteiger partial charge in [-0.15, -0.1) is 0 Å². The molecule has 1 aliphatic carbocycles. The van der Waals surface area contributed by atoms with Crippen LogP contribution < -0.4 is 41.3 Å². The lowest BCUT2D eigenvalue weighted by molar-refractivity contribution is -0.225. The van der Waals surface area contributed by atoms with E-state index in [1.807, 2.05) is 48.5 Å². The minimum atomic E-state index is -1.25. The minimum absolute atomic E-state index is 0.0981. The predicted octanol–water partition coefficient (Wildman–Crippen LogP) is 8.44. The Morgan fingerprint density at radius 1 is 0.442 bits per heavy atom. The molecule has 52 heavy (non-hydrogen) atoms. The van der Waals surface area contributed by atoms with Crippen LogP contribution in [0.3, 0.4) is 0 Å². The number of rotatable bonds is 6. The normalized spacial score (nSPS) is 20.3. The molecule has 2 nitrogen and oxygen atoms in total. The summed E-state index contributed by atoms with van der Waals surface area (Å²) in [6, 6.07) is 38.8. The van der Waals surface area contributed by atoms with Crippen LogP contribution in [0.5, 0.6) is 11.5 Å². The molecule has 3 aliphatic rings. The Kier molecular flexibility index (Phi) is 8.65. The van der Waals surface area contributed by atoms with E-state index in [0.717, 1.165) is 86.6 Å². The summed E-state index contributed by atoms with van der Waals surface area (Å²) >= 11 is 0. The van der Waals surface area contributed by atoms with Gasteiger partial charge < -0.3 is 9.47 Å². The van der Waals surface area contributed by atoms with Crippen molar-refractivity contribution in [3.05, 3.63) is 168 Å². The van der Waals surface area contributed by atoms with Crippen molar-refractivity contribution in [1.29, 1.82) is 0 Å². The third-order valence-corrected chi connectivity index (χ3v) is 15.6. The molecule has 0 N–H and O–H groups in total. The van der Waals surface area contributed by atoms with Gasteiger partial charge in [0.05, 0.1) is 0 Å². The van der Waals surface area contributed by atoms with Gasteiger partial charge in [-0.05, 0) is 122 Å². The average Bonchev–Trinajstić information content (AvgIpc) is 3.16. The van der Waals surface area contributed by atoms with E-state index in [2.05, 4.69) is 36.4 Å². The summed E-state index contributed by atoms with van der Waals surface area (Å²) in [5.41, 5.74) is 2.21. The third-order valence-electron chi connectivity index (χ3n) is 10.7. The molecule has 2 heterocycles. The predicted molar refractivity (Wildman–Crippen MR) is 202 cm³/mol. The van der Waals surface area contributed by atoms with Gasteiger partial charge in [0.15, 0.2) is 0 Å². The van der Waals surface area contributed by atoms with E-state index in [1.165, 1.54) is 48.5 Å². The Bertz CT molecular complexity index is 1990. The lowest BCUT2D eigenvalue weighted by atomic mass is 9.68. The summed E-state index contributed by atoms with van der Waals surface area (Å²) in [5, 5.41) is 5.68. The molecule has 9 rings (SSSR count). The number of hydrogen-bond donors (Lipinski definition) is 0. The van der Waals surface area contributed by atoms with Gasteiger partial charge in [-0.1, -0.05) is 91.3 Å². The topological polar surface area (TPSA) is 18.5 Å². The molecule has 1 fully saturated rings. The summed E-state index contributed by atoms with van der Waals surface area (Å²) in [4.78, 5) is 0. The molecular weight excluding hydrogens is 698 g/mol. The van der Waals surface area contributed by atoms with Crippen LogP contribution >= 0.6 is 15.8 Å². The molecule has 2 aliphatic heterocycles. The first-order valence-electron chi connectivity index (χ1n) is 17.6. The van der Waals surface area contributed by atoms with Crippen molar-refractivity contribution < 1.29 is 27.0 Å². The molecule has 8 heteroatoms. The quantitative estimate of drug-likeness (QED) is 0.127. The third kappa shape index (κ3) is 5.91. The fourth-order valence-electron chi connectivity index (χ4n) is 8.31. The van der Waals surface area contributed by atoms with Gasteiger partial charge in [-0.25, -0.2) is 17.6 Å². The highest BCUT2D eigenvalue weighted by molar-refractivity contribution is 7.80.